The second-order valence-electron chi connectivity index (χ2n) is 6.82. The fraction of sp³-hybridized carbons (Fsp3) is 0.474. The first-order valence-electron chi connectivity index (χ1n) is 8.73. The summed E-state index contributed by atoms with van der Waals surface area (Å²) in [4.78, 5) is 16.8. The van der Waals surface area contributed by atoms with E-state index < -0.39 is 0 Å². The van der Waals surface area contributed by atoms with Crippen LogP contribution in [0.1, 0.15) is 12.1 Å². The highest BCUT2D eigenvalue weighted by molar-refractivity contribution is 5.76. The van der Waals surface area contributed by atoms with Gasteiger partial charge in [-0.1, -0.05) is 18.2 Å². The Hall–Kier alpha value is -2.34. The van der Waals surface area contributed by atoms with Gasteiger partial charge in [0.25, 0.3) is 0 Å². The molecule has 0 unspecified atom stereocenters. The Morgan fingerprint density at radius 3 is 2.80 bits per heavy atom. The van der Waals surface area contributed by atoms with Crippen molar-refractivity contribution in [3.63, 3.8) is 0 Å². The van der Waals surface area contributed by atoms with E-state index in [1.807, 2.05) is 52.2 Å². The van der Waals surface area contributed by atoms with Crippen LogP contribution in [0.5, 0.6) is 5.75 Å². The largest absolute Gasteiger partial charge is 0.493 e. The van der Waals surface area contributed by atoms with Gasteiger partial charge in [0.15, 0.2) is 0 Å². The van der Waals surface area contributed by atoms with Gasteiger partial charge < -0.3 is 14.5 Å². The van der Waals surface area contributed by atoms with Gasteiger partial charge in [-0.05, 0) is 32.3 Å². The highest BCUT2D eigenvalue weighted by Crippen LogP contribution is 2.17. The van der Waals surface area contributed by atoms with E-state index in [2.05, 4.69) is 24.1 Å². The van der Waals surface area contributed by atoms with E-state index >= 15 is 0 Å². The molecule has 3 rings (SSSR count). The Balaban J connectivity index is 1.60. The molecular formula is C19H26N4O2. The smallest absolute Gasteiger partial charge is 0.226 e. The number of nitrogens with zero attached hydrogens (tertiary/aromatic N) is 4. The molecule has 0 fully saturated rings. The molecule has 1 atom stereocenters. The summed E-state index contributed by atoms with van der Waals surface area (Å²) >= 11 is 0. The number of amides is 1. The highest BCUT2D eigenvalue weighted by atomic mass is 16.5. The molecule has 2 aromatic rings. The van der Waals surface area contributed by atoms with Gasteiger partial charge in [0.2, 0.25) is 5.91 Å². The van der Waals surface area contributed by atoms with Crippen molar-refractivity contribution >= 4 is 5.91 Å². The predicted octanol–water partition coefficient (Wildman–Crippen LogP) is 1.87. The standard InChI is InChI=1S/C19H26N4O2/c1-21(2)12-16-13-22(15-17-8-10-20-23(17)14-16)19(24)9-11-25-18-6-4-3-5-7-18/h3-8,10,16H,9,11-15H2,1-2H3/t16-/m0/s1. The van der Waals surface area contributed by atoms with Gasteiger partial charge in [-0.25, -0.2) is 0 Å². The van der Waals surface area contributed by atoms with Crippen molar-refractivity contribution in [1.82, 2.24) is 19.6 Å². The van der Waals surface area contributed by atoms with Crippen LogP contribution < -0.4 is 4.74 Å². The Kier molecular flexibility index (Phi) is 5.71. The molecule has 0 saturated carbocycles. The van der Waals surface area contributed by atoms with Crippen LogP contribution in [0.25, 0.3) is 0 Å². The number of ether oxygens (including phenoxy) is 1. The first-order valence-corrected chi connectivity index (χ1v) is 8.73. The third-order valence-corrected chi connectivity index (χ3v) is 4.37. The number of para-hydroxylation sites is 1. The molecule has 0 radical (unpaired) electrons. The quantitative estimate of drug-likeness (QED) is 0.804. The van der Waals surface area contributed by atoms with E-state index in [4.69, 9.17) is 4.74 Å². The van der Waals surface area contributed by atoms with Gasteiger partial charge in [0.1, 0.15) is 5.75 Å². The molecule has 1 aromatic heterocycles. The lowest BCUT2D eigenvalue weighted by atomic mass is 10.1. The summed E-state index contributed by atoms with van der Waals surface area (Å²) in [5.41, 5.74) is 1.10. The van der Waals surface area contributed by atoms with Gasteiger partial charge in [0, 0.05) is 31.7 Å². The van der Waals surface area contributed by atoms with Crippen molar-refractivity contribution in [3.8, 4) is 5.75 Å². The second kappa shape index (κ2) is 8.16. The average molecular weight is 342 g/mol. The van der Waals surface area contributed by atoms with Crippen LogP contribution in [0.2, 0.25) is 0 Å². The summed E-state index contributed by atoms with van der Waals surface area (Å²) in [5, 5.41) is 4.41. The maximum Gasteiger partial charge on any atom is 0.226 e. The van der Waals surface area contributed by atoms with Crippen LogP contribution in [0.3, 0.4) is 0 Å². The molecule has 0 spiro atoms. The van der Waals surface area contributed by atoms with Crippen LogP contribution in [0, 0.1) is 5.92 Å². The molecule has 6 heteroatoms. The van der Waals surface area contributed by atoms with E-state index in [1.54, 1.807) is 0 Å². The second-order valence-corrected chi connectivity index (χ2v) is 6.82. The lowest BCUT2D eigenvalue weighted by molar-refractivity contribution is -0.133. The SMILES string of the molecule is CN(C)C[C@H]1CN(C(=O)CCOc2ccccc2)Cc2ccnn2C1. The van der Waals surface area contributed by atoms with Crippen molar-refractivity contribution in [2.75, 3.05) is 33.8 Å². The topological polar surface area (TPSA) is 50.6 Å². The number of aromatic nitrogens is 2. The van der Waals surface area contributed by atoms with Crippen LogP contribution in [0.4, 0.5) is 0 Å². The minimum absolute atomic E-state index is 0.134. The summed E-state index contributed by atoms with van der Waals surface area (Å²) in [6.07, 6.45) is 2.20. The molecule has 134 valence electrons. The zero-order chi connectivity index (χ0) is 17.6. The van der Waals surface area contributed by atoms with Crippen molar-refractivity contribution in [2.24, 2.45) is 5.92 Å². The zero-order valence-electron chi connectivity index (χ0n) is 15.0. The summed E-state index contributed by atoms with van der Waals surface area (Å²) in [7, 11) is 4.13. The summed E-state index contributed by atoms with van der Waals surface area (Å²) in [5.74, 6) is 1.30. The molecule has 0 saturated heterocycles. The van der Waals surface area contributed by atoms with E-state index in [1.165, 1.54) is 0 Å². The Morgan fingerprint density at radius 1 is 1.24 bits per heavy atom. The third-order valence-electron chi connectivity index (χ3n) is 4.37. The first-order chi connectivity index (χ1) is 12.1. The summed E-state index contributed by atoms with van der Waals surface area (Å²) in [6.45, 7) is 3.56. The Morgan fingerprint density at radius 2 is 2.04 bits per heavy atom. The molecular weight excluding hydrogens is 316 g/mol. The Labute approximate surface area is 149 Å². The molecule has 0 aliphatic carbocycles. The Bertz CT molecular complexity index is 684. The maximum absolute atomic E-state index is 12.7. The number of benzene rings is 1. The van der Waals surface area contributed by atoms with E-state index in [0.717, 1.165) is 31.1 Å². The predicted molar refractivity (Wildman–Crippen MR) is 96.2 cm³/mol. The molecule has 0 N–H and O–H groups in total. The molecule has 1 aliphatic heterocycles. The molecule has 25 heavy (non-hydrogen) atoms. The molecule has 1 aromatic carbocycles. The summed E-state index contributed by atoms with van der Waals surface area (Å²) in [6, 6.07) is 11.6. The molecule has 6 nitrogen and oxygen atoms in total. The highest BCUT2D eigenvalue weighted by Gasteiger charge is 2.25. The van der Waals surface area contributed by atoms with Crippen molar-refractivity contribution in [2.45, 2.75) is 19.5 Å². The zero-order valence-corrected chi connectivity index (χ0v) is 15.0. The average Bonchev–Trinajstić information content (AvgIpc) is 2.94. The minimum atomic E-state index is 0.134. The fourth-order valence-corrected chi connectivity index (χ4v) is 3.29. The number of hydrogen-bond acceptors (Lipinski definition) is 4. The minimum Gasteiger partial charge on any atom is -0.493 e. The van der Waals surface area contributed by atoms with Crippen LogP contribution >= 0.6 is 0 Å². The number of carbonyl (C=O) groups is 1. The van der Waals surface area contributed by atoms with E-state index in [9.17, 15) is 4.79 Å². The van der Waals surface area contributed by atoms with Gasteiger partial charge >= 0.3 is 0 Å². The molecule has 1 aliphatic rings. The van der Waals surface area contributed by atoms with Crippen molar-refractivity contribution in [1.29, 1.82) is 0 Å². The maximum atomic E-state index is 12.7. The van der Waals surface area contributed by atoms with E-state index in [-0.39, 0.29) is 5.91 Å². The van der Waals surface area contributed by atoms with Gasteiger partial charge in [-0.15, -0.1) is 0 Å². The van der Waals surface area contributed by atoms with E-state index in [0.29, 0.717) is 25.5 Å². The third kappa shape index (κ3) is 4.82. The summed E-state index contributed by atoms with van der Waals surface area (Å²) < 4.78 is 7.70. The molecule has 2 heterocycles. The number of carbonyl (C=O) groups excluding carboxylic acids is 1. The van der Waals surface area contributed by atoms with Crippen molar-refractivity contribution in [3.05, 3.63) is 48.3 Å². The molecule has 0 bridgehead atoms. The van der Waals surface area contributed by atoms with Gasteiger partial charge in [0.05, 0.1) is 25.3 Å². The monoisotopic (exact) mass is 342 g/mol. The van der Waals surface area contributed by atoms with Gasteiger partial charge in [-0.3, -0.25) is 9.48 Å². The lowest BCUT2D eigenvalue weighted by Crippen LogP contribution is -2.37. The number of rotatable bonds is 6. The van der Waals surface area contributed by atoms with Crippen LogP contribution in [0.15, 0.2) is 42.6 Å². The molecule has 1 amide bonds. The first kappa shape index (κ1) is 17.5. The number of hydrogen-bond donors (Lipinski definition) is 0. The number of fused-ring (bicyclic) bond motifs is 1. The normalized spacial score (nSPS) is 17.2. The van der Waals surface area contributed by atoms with Crippen molar-refractivity contribution < 1.29 is 9.53 Å². The van der Waals surface area contributed by atoms with Gasteiger partial charge in [-0.2, -0.15) is 5.10 Å². The fourth-order valence-electron chi connectivity index (χ4n) is 3.29. The lowest BCUT2D eigenvalue weighted by Gasteiger charge is -2.26. The van der Waals surface area contributed by atoms with Crippen LogP contribution in [-0.4, -0.2) is 59.3 Å². The van der Waals surface area contributed by atoms with Crippen LogP contribution in [-0.2, 0) is 17.9 Å².